The highest BCUT2D eigenvalue weighted by molar-refractivity contribution is 5.78. The zero-order chi connectivity index (χ0) is 11.8. The van der Waals surface area contributed by atoms with Gasteiger partial charge in [0, 0.05) is 6.54 Å². The fraction of sp³-hybridized carbons (Fsp3) is 0.909. The standard InChI is InChI=1S/C11H25N3O/c1-8(2)5-10(7-15)14-11(12)13-6-9(3)4/h8-10,15H,5-7H2,1-4H3,(H3,12,13,14). The molecule has 0 aromatic carbocycles. The van der Waals surface area contributed by atoms with Crippen molar-refractivity contribution in [1.29, 1.82) is 0 Å². The molecule has 0 amide bonds. The predicted molar refractivity (Wildman–Crippen MR) is 64.8 cm³/mol. The summed E-state index contributed by atoms with van der Waals surface area (Å²) >= 11 is 0. The van der Waals surface area contributed by atoms with Crippen LogP contribution in [-0.2, 0) is 0 Å². The molecule has 0 rings (SSSR count). The number of hydrogen-bond donors (Lipinski definition) is 3. The zero-order valence-electron chi connectivity index (χ0n) is 10.3. The Morgan fingerprint density at radius 1 is 1.27 bits per heavy atom. The maximum absolute atomic E-state index is 9.13. The molecule has 0 aliphatic rings. The summed E-state index contributed by atoms with van der Waals surface area (Å²) in [6, 6.07) is 0.0147. The number of aliphatic hydroxyl groups excluding tert-OH is 1. The summed E-state index contributed by atoms with van der Waals surface area (Å²) in [6.07, 6.45) is 0.897. The van der Waals surface area contributed by atoms with Crippen LogP contribution < -0.4 is 11.1 Å². The minimum Gasteiger partial charge on any atom is -0.394 e. The average molecular weight is 215 g/mol. The fourth-order valence-electron chi connectivity index (χ4n) is 1.28. The molecule has 0 fully saturated rings. The van der Waals surface area contributed by atoms with Crippen molar-refractivity contribution in [1.82, 2.24) is 5.32 Å². The molecule has 0 radical (unpaired) electrons. The van der Waals surface area contributed by atoms with Crippen molar-refractivity contribution < 1.29 is 5.11 Å². The van der Waals surface area contributed by atoms with E-state index in [1.807, 2.05) is 0 Å². The van der Waals surface area contributed by atoms with Crippen molar-refractivity contribution in [3.05, 3.63) is 0 Å². The molecule has 0 aliphatic heterocycles. The molecule has 0 saturated heterocycles. The van der Waals surface area contributed by atoms with Crippen LogP contribution in [-0.4, -0.2) is 30.3 Å². The van der Waals surface area contributed by atoms with Gasteiger partial charge >= 0.3 is 0 Å². The second-order valence-corrected chi connectivity index (χ2v) is 4.77. The Morgan fingerprint density at radius 3 is 2.27 bits per heavy atom. The molecule has 15 heavy (non-hydrogen) atoms. The minimum atomic E-state index is 0.0147. The molecule has 1 atom stereocenters. The number of aliphatic imine (C=N–C) groups is 1. The molecule has 4 N–H and O–H groups in total. The van der Waals surface area contributed by atoms with E-state index < -0.39 is 0 Å². The van der Waals surface area contributed by atoms with E-state index in [-0.39, 0.29) is 12.6 Å². The summed E-state index contributed by atoms with van der Waals surface area (Å²) in [7, 11) is 0. The fourth-order valence-corrected chi connectivity index (χ4v) is 1.28. The van der Waals surface area contributed by atoms with Crippen LogP contribution in [0.1, 0.15) is 34.1 Å². The third-order valence-electron chi connectivity index (χ3n) is 1.96. The maximum Gasteiger partial charge on any atom is 0.188 e. The number of nitrogens with zero attached hydrogens (tertiary/aromatic N) is 1. The number of aliphatic hydroxyl groups is 1. The van der Waals surface area contributed by atoms with E-state index >= 15 is 0 Å². The third kappa shape index (κ3) is 8.24. The van der Waals surface area contributed by atoms with Crippen molar-refractivity contribution >= 4 is 5.96 Å². The van der Waals surface area contributed by atoms with Crippen LogP contribution >= 0.6 is 0 Å². The molecule has 0 saturated carbocycles. The Kier molecular flexibility index (Phi) is 7.13. The van der Waals surface area contributed by atoms with E-state index in [9.17, 15) is 0 Å². The SMILES string of the molecule is CC(C)CN=C(N)NC(CO)CC(C)C. The van der Waals surface area contributed by atoms with Crippen LogP contribution in [0, 0.1) is 11.8 Å². The van der Waals surface area contributed by atoms with E-state index in [2.05, 4.69) is 38.0 Å². The Labute approximate surface area is 93.0 Å². The monoisotopic (exact) mass is 215 g/mol. The Morgan fingerprint density at radius 2 is 1.87 bits per heavy atom. The molecule has 4 nitrogen and oxygen atoms in total. The predicted octanol–water partition coefficient (Wildman–Crippen LogP) is 0.954. The quantitative estimate of drug-likeness (QED) is 0.456. The first-order valence-electron chi connectivity index (χ1n) is 5.63. The maximum atomic E-state index is 9.13. The second-order valence-electron chi connectivity index (χ2n) is 4.77. The van der Waals surface area contributed by atoms with E-state index in [0.29, 0.717) is 17.8 Å². The normalized spacial score (nSPS) is 14.7. The van der Waals surface area contributed by atoms with E-state index in [1.165, 1.54) is 0 Å². The van der Waals surface area contributed by atoms with E-state index in [4.69, 9.17) is 10.8 Å². The Hall–Kier alpha value is -0.770. The lowest BCUT2D eigenvalue weighted by molar-refractivity contribution is 0.238. The van der Waals surface area contributed by atoms with Crippen LogP contribution in [0.25, 0.3) is 0 Å². The number of nitrogens with two attached hydrogens (primary N) is 1. The van der Waals surface area contributed by atoms with Gasteiger partial charge in [0.2, 0.25) is 0 Å². The average Bonchev–Trinajstić information content (AvgIpc) is 2.13. The smallest absolute Gasteiger partial charge is 0.188 e. The van der Waals surface area contributed by atoms with Gasteiger partial charge in [-0.1, -0.05) is 27.7 Å². The molecule has 0 bridgehead atoms. The topological polar surface area (TPSA) is 70.6 Å². The number of guanidine groups is 1. The van der Waals surface area contributed by atoms with Gasteiger partial charge < -0.3 is 16.2 Å². The van der Waals surface area contributed by atoms with Crippen LogP contribution in [0.3, 0.4) is 0 Å². The molecule has 1 unspecified atom stereocenters. The van der Waals surface area contributed by atoms with E-state index in [1.54, 1.807) is 0 Å². The largest absolute Gasteiger partial charge is 0.394 e. The van der Waals surface area contributed by atoms with Gasteiger partial charge in [0.15, 0.2) is 5.96 Å². The Bertz CT molecular complexity index is 190. The molecular formula is C11H25N3O. The molecule has 90 valence electrons. The molecule has 0 spiro atoms. The lowest BCUT2D eigenvalue weighted by atomic mass is 10.0. The first-order chi connectivity index (χ1) is 6.95. The summed E-state index contributed by atoms with van der Waals surface area (Å²) in [5, 5.41) is 12.2. The van der Waals surface area contributed by atoms with Gasteiger partial charge in [-0.2, -0.15) is 0 Å². The highest BCUT2D eigenvalue weighted by Crippen LogP contribution is 2.03. The first kappa shape index (κ1) is 14.2. The summed E-state index contributed by atoms with van der Waals surface area (Å²) in [4.78, 5) is 4.19. The summed E-state index contributed by atoms with van der Waals surface area (Å²) in [5.41, 5.74) is 5.70. The first-order valence-corrected chi connectivity index (χ1v) is 5.63. The van der Waals surface area contributed by atoms with Crippen molar-refractivity contribution in [2.75, 3.05) is 13.2 Å². The number of nitrogens with one attached hydrogen (secondary N) is 1. The van der Waals surface area contributed by atoms with Crippen LogP contribution in [0.5, 0.6) is 0 Å². The number of rotatable bonds is 6. The summed E-state index contributed by atoms with van der Waals surface area (Å²) in [6.45, 7) is 9.23. The van der Waals surface area contributed by atoms with Crippen molar-refractivity contribution in [2.24, 2.45) is 22.6 Å². The van der Waals surface area contributed by atoms with Crippen molar-refractivity contribution in [3.8, 4) is 0 Å². The zero-order valence-corrected chi connectivity index (χ0v) is 10.3. The van der Waals surface area contributed by atoms with Crippen molar-refractivity contribution in [3.63, 3.8) is 0 Å². The molecule has 0 heterocycles. The van der Waals surface area contributed by atoms with Crippen LogP contribution in [0.2, 0.25) is 0 Å². The molecule has 4 heteroatoms. The summed E-state index contributed by atoms with van der Waals surface area (Å²) in [5.74, 6) is 1.47. The summed E-state index contributed by atoms with van der Waals surface area (Å²) < 4.78 is 0. The lowest BCUT2D eigenvalue weighted by Crippen LogP contribution is -2.43. The van der Waals surface area contributed by atoms with Gasteiger partial charge in [0.05, 0.1) is 12.6 Å². The van der Waals surface area contributed by atoms with Gasteiger partial charge in [0.1, 0.15) is 0 Å². The van der Waals surface area contributed by atoms with Crippen LogP contribution in [0.15, 0.2) is 4.99 Å². The van der Waals surface area contributed by atoms with Gasteiger partial charge in [-0.15, -0.1) is 0 Å². The number of hydrogen-bond acceptors (Lipinski definition) is 2. The van der Waals surface area contributed by atoms with Crippen molar-refractivity contribution in [2.45, 2.75) is 40.2 Å². The van der Waals surface area contributed by atoms with Crippen LogP contribution in [0.4, 0.5) is 0 Å². The van der Waals surface area contributed by atoms with Gasteiger partial charge in [-0.05, 0) is 18.3 Å². The minimum absolute atomic E-state index is 0.0147. The highest BCUT2D eigenvalue weighted by Gasteiger charge is 2.09. The molecule has 0 aromatic heterocycles. The third-order valence-corrected chi connectivity index (χ3v) is 1.96. The second kappa shape index (κ2) is 7.51. The van der Waals surface area contributed by atoms with E-state index in [0.717, 1.165) is 13.0 Å². The lowest BCUT2D eigenvalue weighted by Gasteiger charge is -2.18. The molecule has 0 aliphatic carbocycles. The molecular weight excluding hydrogens is 190 g/mol. The molecule has 0 aromatic rings. The van der Waals surface area contributed by atoms with Gasteiger partial charge in [-0.3, -0.25) is 4.99 Å². The Balaban J connectivity index is 3.99. The van der Waals surface area contributed by atoms with Gasteiger partial charge in [0.25, 0.3) is 0 Å². The van der Waals surface area contributed by atoms with Gasteiger partial charge in [-0.25, -0.2) is 0 Å². The highest BCUT2D eigenvalue weighted by atomic mass is 16.3.